The molecular weight excluding hydrogens is 474 g/mol. The average molecular weight is 510 g/mol. The zero-order valence-corrected chi connectivity index (χ0v) is 22.4. The third-order valence-corrected chi connectivity index (χ3v) is 7.44. The van der Waals surface area contributed by atoms with Crippen LogP contribution in [-0.2, 0) is 26.2 Å². The maximum Gasteiger partial charge on any atom is 0.244 e. The van der Waals surface area contributed by atoms with Crippen LogP contribution >= 0.6 is 0 Å². The van der Waals surface area contributed by atoms with Crippen molar-refractivity contribution in [2.45, 2.75) is 52.7 Å². The Kier molecular flexibility index (Phi) is 8.74. The number of fused-ring (bicyclic) bond motifs is 1. The minimum Gasteiger partial charge on any atom is -0.352 e. The van der Waals surface area contributed by atoms with E-state index < -0.39 is 28.5 Å². The number of sulfonamides is 1. The highest BCUT2D eigenvalue weighted by molar-refractivity contribution is 7.92. The second-order valence-electron chi connectivity index (χ2n) is 9.27. The van der Waals surface area contributed by atoms with Gasteiger partial charge < -0.3 is 10.2 Å². The van der Waals surface area contributed by atoms with E-state index in [9.17, 15) is 18.0 Å². The number of amides is 2. The molecule has 0 aliphatic heterocycles. The van der Waals surface area contributed by atoms with Crippen molar-refractivity contribution in [3.8, 4) is 0 Å². The van der Waals surface area contributed by atoms with E-state index in [1.807, 2.05) is 75.4 Å². The lowest BCUT2D eigenvalue weighted by Gasteiger charge is -2.32. The first-order chi connectivity index (χ1) is 17.0. The summed E-state index contributed by atoms with van der Waals surface area (Å²) in [5.41, 5.74) is 2.32. The van der Waals surface area contributed by atoms with Crippen molar-refractivity contribution in [3.05, 3.63) is 77.9 Å². The van der Waals surface area contributed by atoms with Gasteiger partial charge in [0.05, 0.1) is 11.9 Å². The Morgan fingerprint density at radius 2 is 1.64 bits per heavy atom. The van der Waals surface area contributed by atoms with Crippen LogP contribution < -0.4 is 9.62 Å². The van der Waals surface area contributed by atoms with Crippen LogP contribution in [-0.4, -0.2) is 50.0 Å². The zero-order valence-electron chi connectivity index (χ0n) is 21.6. The van der Waals surface area contributed by atoms with Crippen LogP contribution in [0.25, 0.3) is 10.8 Å². The highest BCUT2D eigenvalue weighted by Gasteiger charge is 2.31. The molecule has 0 spiro atoms. The Labute approximate surface area is 214 Å². The van der Waals surface area contributed by atoms with Crippen molar-refractivity contribution >= 4 is 38.3 Å². The smallest absolute Gasteiger partial charge is 0.244 e. The number of benzene rings is 3. The van der Waals surface area contributed by atoms with Crippen molar-refractivity contribution in [2.24, 2.45) is 0 Å². The van der Waals surface area contributed by atoms with Crippen molar-refractivity contribution in [1.29, 1.82) is 0 Å². The van der Waals surface area contributed by atoms with Crippen LogP contribution in [0.1, 0.15) is 38.3 Å². The van der Waals surface area contributed by atoms with E-state index in [2.05, 4.69) is 5.32 Å². The van der Waals surface area contributed by atoms with E-state index in [0.717, 1.165) is 38.9 Å². The number of carbonyl (C=O) groups excluding carboxylic acids is 2. The zero-order chi connectivity index (χ0) is 26.5. The van der Waals surface area contributed by atoms with Gasteiger partial charge in [0.15, 0.2) is 0 Å². The molecule has 0 bridgehead atoms. The van der Waals surface area contributed by atoms with Crippen molar-refractivity contribution in [2.75, 3.05) is 17.1 Å². The molecule has 36 heavy (non-hydrogen) atoms. The highest BCUT2D eigenvalue weighted by Crippen LogP contribution is 2.28. The number of anilines is 1. The molecule has 0 heterocycles. The van der Waals surface area contributed by atoms with E-state index >= 15 is 0 Å². The Morgan fingerprint density at radius 3 is 2.31 bits per heavy atom. The van der Waals surface area contributed by atoms with Gasteiger partial charge in [-0.2, -0.15) is 0 Å². The third-order valence-electron chi connectivity index (χ3n) is 6.32. The van der Waals surface area contributed by atoms with E-state index in [1.54, 1.807) is 19.1 Å². The molecule has 3 rings (SSSR count). The van der Waals surface area contributed by atoms with Crippen LogP contribution in [0, 0.1) is 6.92 Å². The summed E-state index contributed by atoms with van der Waals surface area (Å²) < 4.78 is 26.9. The molecule has 0 unspecified atom stereocenters. The van der Waals surface area contributed by atoms with E-state index in [1.165, 1.54) is 4.90 Å². The molecule has 3 aromatic rings. The van der Waals surface area contributed by atoms with Gasteiger partial charge in [-0.3, -0.25) is 13.9 Å². The molecule has 0 aliphatic rings. The largest absolute Gasteiger partial charge is 0.352 e. The number of carbonyl (C=O) groups is 2. The monoisotopic (exact) mass is 509 g/mol. The Balaban J connectivity index is 1.99. The van der Waals surface area contributed by atoms with Gasteiger partial charge in [-0.25, -0.2) is 8.42 Å². The summed E-state index contributed by atoms with van der Waals surface area (Å²) in [5.74, 6) is -0.733. The fourth-order valence-electron chi connectivity index (χ4n) is 4.08. The van der Waals surface area contributed by atoms with E-state index in [0.29, 0.717) is 5.69 Å². The molecule has 0 saturated carbocycles. The molecule has 0 aliphatic carbocycles. The van der Waals surface area contributed by atoms with Crippen LogP contribution in [0.3, 0.4) is 0 Å². The summed E-state index contributed by atoms with van der Waals surface area (Å²) >= 11 is 0. The van der Waals surface area contributed by atoms with Crippen LogP contribution in [0.15, 0.2) is 66.7 Å². The number of nitrogens with zero attached hydrogens (tertiary/aromatic N) is 2. The number of hydrogen-bond acceptors (Lipinski definition) is 4. The first-order valence-corrected chi connectivity index (χ1v) is 14.0. The van der Waals surface area contributed by atoms with Gasteiger partial charge in [0.25, 0.3) is 0 Å². The number of aryl methyl sites for hydroxylation is 1. The van der Waals surface area contributed by atoms with Crippen molar-refractivity contribution in [3.63, 3.8) is 0 Å². The quantitative estimate of drug-likeness (QED) is 0.443. The minimum absolute atomic E-state index is 0.0425. The fraction of sp³-hybridized carbons (Fsp3) is 0.357. The third kappa shape index (κ3) is 6.63. The minimum atomic E-state index is -3.80. The van der Waals surface area contributed by atoms with Crippen LogP contribution in [0.2, 0.25) is 0 Å². The summed E-state index contributed by atoms with van der Waals surface area (Å²) in [6, 6.07) is 19.7. The van der Waals surface area contributed by atoms with Gasteiger partial charge in [-0.1, -0.05) is 73.2 Å². The van der Waals surface area contributed by atoms with Gasteiger partial charge in [-0.05, 0) is 44.2 Å². The lowest BCUT2D eigenvalue weighted by molar-refractivity contribution is -0.139. The normalized spacial score (nSPS) is 13.1. The lowest BCUT2D eigenvalue weighted by Crippen LogP contribution is -2.52. The summed E-state index contributed by atoms with van der Waals surface area (Å²) in [5, 5.41) is 4.53. The van der Waals surface area contributed by atoms with Crippen molar-refractivity contribution < 1.29 is 18.0 Å². The summed E-state index contributed by atoms with van der Waals surface area (Å²) in [7, 11) is -3.80. The second-order valence-corrected chi connectivity index (χ2v) is 11.2. The van der Waals surface area contributed by atoms with Crippen molar-refractivity contribution in [1.82, 2.24) is 10.2 Å². The Bertz CT molecular complexity index is 1330. The first kappa shape index (κ1) is 27.2. The van der Waals surface area contributed by atoms with Crippen LogP contribution in [0.4, 0.5) is 5.69 Å². The lowest BCUT2D eigenvalue weighted by atomic mass is 10.1. The predicted octanol–water partition coefficient (Wildman–Crippen LogP) is 4.25. The maximum atomic E-state index is 13.7. The highest BCUT2D eigenvalue weighted by atomic mass is 32.2. The van der Waals surface area contributed by atoms with E-state index in [4.69, 9.17) is 0 Å². The van der Waals surface area contributed by atoms with Gasteiger partial charge >= 0.3 is 0 Å². The van der Waals surface area contributed by atoms with Gasteiger partial charge in [-0.15, -0.1) is 0 Å². The summed E-state index contributed by atoms with van der Waals surface area (Å²) in [6.45, 7) is 7.28. The molecule has 0 saturated heterocycles. The number of nitrogens with one attached hydrogen (secondary N) is 1. The van der Waals surface area contributed by atoms with Gasteiger partial charge in [0, 0.05) is 18.0 Å². The molecule has 8 heteroatoms. The number of hydrogen-bond donors (Lipinski definition) is 1. The van der Waals surface area contributed by atoms with Gasteiger partial charge in [0.2, 0.25) is 21.8 Å². The van der Waals surface area contributed by atoms with Gasteiger partial charge in [0.1, 0.15) is 12.6 Å². The van der Waals surface area contributed by atoms with Crippen LogP contribution in [0.5, 0.6) is 0 Å². The number of rotatable bonds is 10. The summed E-state index contributed by atoms with van der Waals surface area (Å²) in [4.78, 5) is 28.2. The predicted molar refractivity (Wildman–Crippen MR) is 145 cm³/mol. The van der Waals surface area contributed by atoms with E-state index in [-0.39, 0.29) is 18.5 Å². The average Bonchev–Trinajstić information content (AvgIpc) is 2.84. The molecule has 0 aromatic heterocycles. The molecule has 3 aromatic carbocycles. The second kappa shape index (κ2) is 11.6. The molecule has 0 fully saturated rings. The molecule has 7 nitrogen and oxygen atoms in total. The first-order valence-electron chi connectivity index (χ1n) is 12.1. The topological polar surface area (TPSA) is 86.8 Å². The Hall–Kier alpha value is -3.39. The standard InChI is InChI=1S/C28H35N3O4S/c1-6-21(3)29-28(33)22(4)30(18-23-12-9-11-20(2)17-23)27(32)19-31(36(5,34)35)26-16-10-14-24-13-7-8-15-25(24)26/h7-17,21-22H,6,18-19H2,1-5H3,(H,29,33)/t21-,22+/m0/s1. The molecular formula is C28H35N3O4S. The maximum absolute atomic E-state index is 13.7. The Morgan fingerprint density at radius 1 is 0.972 bits per heavy atom. The molecule has 0 radical (unpaired) electrons. The molecule has 192 valence electrons. The molecule has 2 amide bonds. The molecule has 2 atom stereocenters. The summed E-state index contributed by atoms with van der Waals surface area (Å²) in [6.07, 6.45) is 1.85. The fourth-order valence-corrected chi connectivity index (χ4v) is 4.94. The SMILES string of the molecule is CC[C@H](C)NC(=O)[C@@H](C)N(Cc1cccc(C)c1)C(=O)CN(c1cccc2ccccc12)S(C)(=O)=O. The molecule has 1 N–H and O–H groups in total.